The van der Waals surface area contributed by atoms with Crippen LogP contribution in [-0.2, 0) is 9.59 Å². The highest BCUT2D eigenvalue weighted by Crippen LogP contribution is 2.32. The van der Waals surface area contributed by atoms with Crippen LogP contribution in [-0.4, -0.2) is 33.5 Å². The SMILES string of the molecule is Cc1ccc(C=C2SC(=S)N(CCCC(=O)NNC(=O)c3ccccc3)C2=O)cc1. The topological polar surface area (TPSA) is 78.5 Å². The molecule has 154 valence electrons. The van der Waals surface area contributed by atoms with Gasteiger partial charge in [-0.05, 0) is 37.1 Å². The summed E-state index contributed by atoms with van der Waals surface area (Å²) in [4.78, 5) is 38.6. The maximum absolute atomic E-state index is 12.6. The highest BCUT2D eigenvalue weighted by Gasteiger charge is 2.31. The number of benzene rings is 2. The van der Waals surface area contributed by atoms with Crippen LogP contribution in [0.15, 0.2) is 59.5 Å². The predicted molar refractivity (Wildman–Crippen MR) is 122 cm³/mol. The molecule has 1 saturated heterocycles. The van der Waals surface area contributed by atoms with E-state index in [9.17, 15) is 14.4 Å². The van der Waals surface area contributed by atoms with E-state index in [2.05, 4.69) is 10.9 Å². The molecule has 2 aromatic rings. The number of thioether (sulfide) groups is 1. The molecule has 0 spiro atoms. The molecular weight excluding hydrogens is 418 g/mol. The molecule has 1 aliphatic rings. The van der Waals surface area contributed by atoms with E-state index in [4.69, 9.17) is 12.2 Å². The van der Waals surface area contributed by atoms with Crippen LogP contribution in [0, 0.1) is 6.92 Å². The number of nitrogens with zero attached hydrogens (tertiary/aromatic N) is 1. The lowest BCUT2D eigenvalue weighted by molar-refractivity contribution is -0.124. The Morgan fingerprint density at radius 2 is 1.77 bits per heavy atom. The molecule has 0 atom stereocenters. The molecule has 3 rings (SSSR count). The number of hydrogen-bond acceptors (Lipinski definition) is 5. The molecular formula is C22H21N3O3S2. The van der Waals surface area contributed by atoms with Gasteiger partial charge in [0.25, 0.3) is 11.8 Å². The second-order valence-electron chi connectivity index (χ2n) is 6.72. The number of amides is 3. The fourth-order valence-corrected chi connectivity index (χ4v) is 4.06. The van der Waals surface area contributed by atoms with Crippen molar-refractivity contribution in [1.29, 1.82) is 0 Å². The summed E-state index contributed by atoms with van der Waals surface area (Å²) < 4.78 is 0.483. The molecule has 1 fully saturated rings. The van der Waals surface area contributed by atoms with Gasteiger partial charge in [0.15, 0.2) is 0 Å². The molecule has 30 heavy (non-hydrogen) atoms. The van der Waals surface area contributed by atoms with Crippen LogP contribution in [0.1, 0.15) is 34.3 Å². The Kier molecular flexibility index (Phi) is 7.37. The predicted octanol–water partition coefficient (Wildman–Crippen LogP) is 3.44. The fourth-order valence-electron chi connectivity index (χ4n) is 2.76. The molecule has 8 heteroatoms. The zero-order valence-electron chi connectivity index (χ0n) is 16.4. The number of aryl methyl sites for hydroxylation is 1. The number of hydrazine groups is 1. The molecule has 3 amide bonds. The molecule has 6 nitrogen and oxygen atoms in total. The Morgan fingerprint density at radius 1 is 1.07 bits per heavy atom. The van der Waals surface area contributed by atoms with Crippen LogP contribution in [0.4, 0.5) is 0 Å². The average Bonchev–Trinajstić information content (AvgIpc) is 3.01. The van der Waals surface area contributed by atoms with Gasteiger partial charge in [-0.2, -0.15) is 0 Å². The normalized spacial score (nSPS) is 14.8. The van der Waals surface area contributed by atoms with Crippen LogP contribution in [0.2, 0.25) is 0 Å². The van der Waals surface area contributed by atoms with E-state index in [0.717, 1.165) is 11.1 Å². The van der Waals surface area contributed by atoms with Crippen molar-refractivity contribution >= 4 is 52.1 Å². The molecule has 1 heterocycles. The van der Waals surface area contributed by atoms with E-state index in [0.29, 0.717) is 27.8 Å². The first-order valence-corrected chi connectivity index (χ1v) is 10.6. The monoisotopic (exact) mass is 439 g/mol. The summed E-state index contributed by atoms with van der Waals surface area (Å²) in [7, 11) is 0. The van der Waals surface area contributed by atoms with E-state index < -0.39 is 0 Å². The zero-order valence-corrected chi connectivity index (χ0v) is 18.0. The minimum Gasteiger partial charge on any atom is -0.293 e. The lowest BCUT2D eigenvalue weighted by atomic mass is 10.1. The molecule has 0 aliphatic carbocycles. The van der Waals surface area contributed by atoms with Crippen LogP contribution >= 0.6 is 24.0 Å². The number of carbonyl (C=O) groups is 3. The van der Waals surface area contributed by atoms with Gasteiger partial charge in [-0.15, -0.1) is 0 Å². The molecule has 2 N–H and O–H groups in total. The molecule has 2 aromatic carbocycles. The third kappa shape index (κ3) is 5.77. The Hall–Kier alpha value is -2.97. The first-order valence-electron chi connectivity index (χ1n) is 9.40. The van der Waals surface area contributed by atoms with Crippen LogP contribution < -0.4 is 10.9 Å². The van der Waals surface area contributed by atoms with Crippen molar-refractivity contribution in [3.8, 4) is 0 Å². The van der Waals surface area contributed by atoms with Gasteiger partial charge >= 0.3 is 0 Å². The summed E-state index contributed by atoms with van der Waals surface area (Å²) >= 11 is 6.58. The van der Waals surface area contributed by atoms with Crippen molar-refractivity contribution in [2.24, 2.45) is 0 Å². The molecule has 0 saturated carbocycles. The maximum atomic E-state index is 12.6. The highest BCUT2D eigenvalue weighted by atomic mass is 32.2. The van der Waals surface area contributed by atoms with E-state index in [1.807, 2.05) is 37.3 Å². The smallest absolute Gasteiger partial charge is 0.269 e. The molecule has 0 bridgehead atoms. The summed E-state index contributed by atoms with van der Waals surface area (Å²) in [6.45, 7) is 2.35. The van der Waals surface area contributed by atoms with Crippen molar-refractivity contribution in [2.45, 2.75) is 19.8 Å². The van der Waals surface area contributed by atoms with Gasteiger partial charge in [0.05, 0.1) is 4.91 Å². The number of carbonyl (C=O) groups excluding carboxylic acids is 3. The van der Waals surface area contributed by atoms with E-state index in [1.165, 1.54) is 16.7 Å². The van der Waals surface area contributed by atoms with Crippen molar-refractivity contribution in [3.63, 3.8) is 0 Å². The lowest BCUT2D eigenvalue weighted by Gasteiger charge is -2.14. The Bertz CT molecular complexity index is 988. The van der Waals surface area contributed by atoms with Crippen molar-refractivity contribution < 1.29 is 14.4 Å². The first-order chi connectivity index (χ1) is 14.4. The van der Waals surface area contributed by atoms with Crippen molar-refractivity contribution in [1.82, 2.24) is 15.8 Å². The Morgan fingerprint density at radius 3 is 2.47 bits per heavy atom. The molecule has 0 aromatic heterocycles. The maximum Gasteiger partial charge on any atom is 0.269 e. The standard InChI is InChI=1S/C22H21N3O3S2/c1-15-9-11-16(12-10-15)14-18-21(28)25(22(29)30-18)13-5-8-19(26)23-24-20(27)17-6-3-2-4-7-17/h2-4,6-7,9-12,14H,5,8,13H2,1H3,(H,23,26)(H,24,27). The minimum atomic E-state index is -0.387. The zero-order chi connectivity index (χ0) is 21.5. The largest absolute Gasteiger partial charge is 0.293 e. The number of rotatable bonds is 6. The molecule has 0 unspecified atom stereocenters. The van der Waals surface area contributed by atoms with E-state index in [1.54, 1.807) is 30.3 Å². The van der Waals surface area contributed by atoms with Crippen LogP contribution in [0.3, 0.4) is 0 Å². The summed E-state index contributed by atoms with van der Waals surface area (Å²) in [5, 5.41) is 0. The second-order valence-corrected chi connectivity index (χ2v) is 8.39. The van der Waals surface area contributed by atoms with Gasteiger partial charge in [0.2, 0.25) is 5.91 Å². The number of nitrogens with one attached hydrogen (secondary N) is 2. The number of hydrogen-bond donors (Lipinski definition) is 2. The first kappa shape index (κ1) is 21.7. The third-order valence-electron chi connectivity index (χ3n) is 4.39. The summed E-state index contributed by atoms with van der Waals surface area (Å²) in [6.07, 6.45) is 2.41. The fraction of sp³-hybridized carbons (Fsp3) is 0.182. The van der Waals surface area contributed by atoms with Gasteiger partial charge in [-0.1, -0.05) is 72.0 Å². The van der Waals surface area contributed by atoms with Gasteiger partial charge in [0, 0.05) is 18.5 Å². The van der Waals surface area contributed by atoms with E-state index in [-0.39, 0.29) is 24.1 Å². The lowest BCUT2D eigenvalue weighted by Crippen LogP contribution is -2.41. The minimum absolute atomic E-state index is 0.150. The average molecular weight is 440 g/mol. The molecule has 1 aliphatic heterocycles. The van der Waals surface area contributed by atoms with E-state index >= 15 is 0 Å². The summed E-state index contributed by atoms with van der Waals surface area (Å²) in [6, 6.07) is 16.5. The number of thiocarbonyl (C=S) groups is 1. The van der Waals surface area contributed by atoms with Crippen LogP contribution in [0.5, 0.6) is 0 Å². The quantitative estimate of drug-likeness (QED) is 0.410. The summed E-state index contributed by atoms with van der Waals surface area (Å²) in [5.74, 6) is -0.870. The van der Waals surface area contributed by atoms with Gasteiger partial charge in [0.1, 0.15) is 4.32 Å². The van der Waals surface area contributed by atoms with Crippen molar-refractivity contribution in [3.05, 3.63) is 76.2 Å². The van der Waals surface area contributed by atoms with Gasteiger partial charge in [-0.25, -0.2) is 0 Å². The second kappa shape index (κ2) is 10.2. The van der Waals surface area contributed by atoms with Gasteiger partial charge < -0.3 is 0 Å². The van der Waals surface area contributed by atoms with Crippen molar-refractivity contribution in [2.75, 3.05) is 6.54 Å². The Labute approximate surface area is 184 Å². The Balaban J connectivity index is 1.45. The van der Waals surface area contributed by atoms with Crippen LogP contribution in [0.25, 0.3) is 6.08 Å². The summed E-state index contributed by atoms with van der Waals surface area (Å²) in [5.41, 5.74) is 7.30. The third-order valence-corrected chi connectivity index (χ3v) is 5.76. The molecule has 0 radical (unpaired) electrons. The highest BCUT2D eigenvalue weighted by molar-refractivity contribution is 8.26. The van der Waals surface area contributed by atoms with Gasteiger partial charge in [-0.3, -0.25) is 30.1 Å².